The third kappa shape index (κ3) is 2.80. The highest BCUT2D eigenvalue weighted by atomic mass is 16.5. The Labute approximate surface area is 157 Å². The van der Waals surface area contributed by atoms with Crippen LogP contribution in [-0.4, -0.2) is 5.97 Å². The van der Waals surface area contributed by atoms with Crippen molar-refractivity contribution in [3.8, 4) is 0 Å². The predicted octanol–water partition coefficient (Wildman–Crippen LogP) is 5.68. The summed E-state index contributed by atoms with van der Waals surface area (Å²) in [6.45, 7) is 0. The van der Waals surface area contributed by atoms with E-state index in [2.05, 4.69) is 48.5 Å². The lowest BCUT2D eigenvalue weighted by Gasteiger charge is -2.11. The first-order valence-corrected chi connectivity index (χ1v) is 9.18. The molecule has 0 aliphatic heterocycles. The summed E-state index contributed by atoms with van der Waals surface area (Å²) in [5, 5.41) is 4.98. The third-order valence-corrected chi connectivity index (χ3v) is 5.21. The second-order valence-electron chi connectivity index (χ2n) is 6.88. The number of carbonyl (C=O) groups excluding carboxylic acids is 1. The number of ether oxygens (including phenoxy) is 1. The summed E-state index contributed by atoms with van der Waals surface area (Å²) in [5.41, 5.74) is 3.23. The number of allylic oxidation sites excluding steroid dienone is 1. The van der Waals surface area contributed by atoms with E-state index in [9.17, 15) is 4.79 Å². The fraction of sp³-hybridized carbons (Fsp3) is 0.0800. The van der Waals surface area contributed by atoms with E-state index in [4.69, 9.17) is 4.74 Å². The zero-order chi connectivity index (χ0) is 18.2. The Kier molecular flexibility index (Phi) is 3.75. The highest BCUT2D eigenvalue weighted by molar-refractivity contribution is 6.09. The van der Waals surface area contributed by atoms with Crippen LogP contribution < -0.4 is 0 Å². The highest BCUT2D eigenvalue weighted by Crippen LogP contribution is 2.36. The van der Waals surface area contributed by atoms with Crippen molar-refractivity contribution < 1.29 is 9.53 Å². The van der Waals surface area contributed by atoms with Crippen LogP contribution in [0.4, 0.5) is 0 Å². The molecule has 1 aliphatic rings. The smallest absolute Gasteiger partial charge is 0.315 e. The number of benzene rings is 4. The predicted molar refractivity (Wildman–Crippen MR) is 109 cm³/mol. The summed E-state index contributed by atoms with van der Waals surface area (Å²) >= 11 is 0. The standard InChI is InChI=1S/C25H18O2/c26-25(16-17-6-2-1-3-7-17)27-24-15-14-22-21-11-10-18-8-4-5-9-19(18)20(21)12-13-23(22)24/h1-13,15H,14,16H2. The van der Waals surface area contributed by atoms with Crippen LogP contribution in [-0.2, 0) is 22.4 Å². The fourth-order valence-corrected chi connectivity index (χ4v) is 3.92. The number of fused-ring (bicyclic) bond motifs is 5. The molecule has 4 aromatic carbocycles. The van der Waals surface area contributed by atoms with Crippen molar-refractivity contribution in [2.24, 2.45) is 0 Å². The van der Waals surface area contributed by atoms with Gasteiger partial charge in [0.1, 0.15) is 5.76 Å². The minimum atomic E-state index is -0.223. The van der Waals surface area contributed by atoms with Crippen LogP contribution in [0.2, 0.25) is 0 Å². The van der Waals surface area contributed by atoms with Gasteiger partial charge in [-0.3, -0.25) is 4.79 Å². The summed E-state index contributed by atoms with van der Waals surface area (Å²) in [4.78, 5) is 12.4. The van der Waals surface area contributed by atoms with E-state index >= 15 is 0 Å². The first kappa shape index (κ1) is 15.8. The number of hydrogen-bond acceptors (Lipinski definition) is 2. The van der Waals surface area contributed by atoms with Crippen LogP contribution in [0.3, 0.4) is 0 Å². The quantitative estimate of drug-likeness (QED) is 0.351. The van der Waals surface area contributed by atoms with Crippen molar-refractivity contribution in [2.45, 2.75) is 12.8 Å². The van der Waals surface area contributed by atoms with Crippen molar-refractivity contribution >= 4 is 33.3 Å². The molecule has 0 N–H and O–H groups in total. The molecule has 0 radical (unpaired) electrons. The molecule has 2 heteroatoms. The maximum Gasteiger partial charge on any atom is 0.315 e. The van der Waals surface area contributed by atoms with Crippen LogP contribution in [0.5, 0.6) is 0 Å². The first-order chi connectivity index (χ1) is 13.3. The van der Waals surface area contributed by atoms with Crippen LogP contribution in [0.25, 0.3) is 27.3 Å². The molecule has 4 aromatic rings. The van der Waals surface area contributed by atoms with Crippen LogP contribution in [0, 0.1) is 0 Å². The van der Waals surface area contributed by atoms with Crippen LogP contribution >= 0.6 is 0 Å². The summed E-state index contributed by atoms with van der Waals surface area (Å²) in [6.07, 6.45) is 3.09. The topological polar surface area (TPSA) is 26.3 Å². The Morgan fingerprint density at radius 3 is 2.44 bits per heavy atom. The normalized spacial score (nSPS) is 12.8. The van der Waals surface area contributed by atoms with Gasteiger partial charge in [0, 0.05) is 5.56 Å². The Morgan fingerprint density at radius 2 is 1.56 bits per heavy atom. The van der Waals surface area contributed by atoms with E-state index in [-0.39, 0.29) is 12.4 Å². The van der Waals surface area contributed by atoms with Gasteiger partial charge in [0.05, 0.1) is 6.42 Å². The second kappa shape index (κ2) is 6.40. The van der Waals surface area contributed by atoms with Gasteiger partial charge in [-0.25, -0.2) is 0 Å². The minimum Gasteiger partial charge on any atom is -0.426 e. The average Bonchev–Trinajstić information content (AvgIpc) is 3.11. The zero-order valence-electron chi connectivity index (χ0n) is 14.8. The van der Waals surface area contributed by atoms with Gasteiger partial charge >= 0.3 is 5.97 Å². The minimum absolute atomic E-state index is 0.223. The number of carbonyl (C=O) groups is 1. The number of esters is 1. The molecule has 0 spiro atoms. The Morgan fingerprint density at radius 1 is 0.778 bits per heavy atom. The van der Waals surface area contributed by atoms with Crippen LogP contribution in [0.1, 0.15) is 16.7 Å². The third-order valence-electron chi connectivity index (χ3n) is 5.21. The van der Waals surface area contributed by atoms with Gasteiger partial charge < -0.3 is 4.74 Å². The number of hydrogen-bond donors (Lipinski definition) is 0. The molecule has 0 saturated carbocycles. The summed E-state index contributed by atoms with van der Waals surface area (Å²) in [6, 6.07) is 26.7. The maximum atomic E-state index is 12.4. The molecule has 0 bridgehead atoms. The average molecular weight is 350 g/mol. The molecule has 130 valence electrons. The van der Waals surface area contributed by atoms with E-state index in [0.29, 0.717) is 5.76 Å². The fourth-order valence-electron chi connectivity index (χ4n) is 3.92. The molecule has 27 heavy (non-hydrogen) atoms. The van der Waals surface area contributed by atoms with Gasteiger partial charge in [0.15, 0.2) is 0 Å². The van der Waals surface area contributed by atoms with Crippen molar-refractivity contribution in [3.63, 3.8) is 0 Å². The highest BCUT2D eigenvalue weighted by Gasteiger charge is 2.21. The zero-order valence-corrected chi connectivity index (χ0v) is 14.8. The van der Waals surface area contributed by atoms with Gasteiger partial charge in [-0.05, 0) is 45.2 Å². The van der Waals surface area contributed by atoms with Crippen LogP contribution in [0.15, 0.2) is 84.9 Å². The van der Waals surface area contributed by atoms with Gasteiger partial charge in [-0.1, -0.05) is 78.9 Å². The maximum absolute atomic E-state index is 12.4. The summed E-state index contributed by atoms with van der Waals surface area (Å²) in [7, 11) is 0. The van der Waals surface area contributed by atoms with Gasteiger partial charge in [-0.2, -0.15) is 0 Å². The molecule has 0 aromatic heterocycles. The first-order valence-electron chi connectivity index (χ1n) is 9.18. The molecular weight excluding hydrogens is 332 g/mol. The molecule has 2 nitrogen and oxygen atoms in total. The van der Waals surface area contributed by atoms with Crippen molar-refractivity contribution in [1.29, 1.82) is 0 Å². The van der Waals surface area contributed by atoms with E-state index < -0.39 is 0 Å². The molecule has 0 atom stereocenters. The molecule has 5 rings (SSSR count). The largest absolute Gasteiger partial charge is 0.426 e. The second-order valence-corrected chi connectivity index (χ2v) is 6.88. The lowest BCUT2D eigenvalue weighted by Crippen LogP contribution is -2.07. The van der Waals surface area contributed by atoms with E-state index in [1.807, 2.05) is 36.4 Å². The van der Waals surface area contributed by atoms with E-state index in [1.54, 1.807) is 0 Å². The lowest BCUT2D eigenvalue weighted by atomic mass is 9.96. The van der Waals surface area contributed by atoms with Crippen molar-refractivity contribution in [3.05, 3.63) is 102 Å². The monoisotopic (exact) mass is 350 g/mol. The Balaban J connectivity index is 1.47. The van der Waals surface area contributed by atoms with E-state index in [0.717, 1.165) is 17.5 Å². The molecule has 0 unspecified atom stereocenters. The van der Waals surface area contributed by atoms with Gasteiger partial charge in [0.2, 0.25) is 0 Å². The van der Waals surface area contributed by atoms with E-state index in [1.165, 1.54) is 27.1 Å². The van der Waals surface area contributed by atoms with Gasteiger partial charge in [-0.15, -0.1) is 0 Å². The molecule has 0 saturated heterocycles. The molecule has 0 fully saturated rings. The number of rotatable bonds is 3. The van der Waals surface area contributed by atoms with Crippen molar-refractivity contribution in [1.82, 2.24) is 0 Å². The molecule has 0 heterocycles. The Hall–Kier alpha value is -3.39. The lowest BCUT2D eigenvalue weighted by molar-refractivity contribution is -0.135. The summed E-state index contributed by atoms with van der Waals surface area (Å²) in [5.74, 6) is 0.458. The molecule has 0 amide bonds. The van der Waals surface area contributed by atoms with Crippen molar-refractivity contribution in [2.75, 3.05) is 0 Å². The summed E-state index contributed by atoms with van der Waals surface area (Å²) < 4.78 is 5.70. The molecular formula is C25H18O2. The van der Waals surface area contributed by atoms with Gasteiger partial charge in [0.25, 0.3) is 0 Å². The molecule has 1 aliphatic carbocycles. The SMILES string of the molecule is O=C(Cc1ccccc1)OC1=CCc2c1ccc1c2ccc2ccccc21. The Bertz CT molecular complexity index is 1200.